The zero-order valence-electron chi connectivity index (χ0n) is 10.2. The van der Waals surface area contributed by atoms with Crippen LogP contribution in [0.5, 0.6) is 0 Å². The van der Waals surface area contributed by atoms with Gasteiger partial charge >= 0.3 is 0 Å². The Bertz CT molecular complexity index is 475. The van der Waals surface area contributed by atoms with Crippen LogP contribution in [-0.4, -0.2) is 14.8 Å². The number of rotatable bonds is 1. The molecule has 1 aromatic carbocycles. The average molecular weight is 215 g/mol. The molecule has 0 atom stereocenters. The molecule has 0 spiro atoms. The van der Waals surface area contributed by atoms with E-state index >= 15 is 0 Å². The lowest BCUT2D eigenvalue weighted by Crippen LogP contribution is -2.10. The summed E-state index contributed by atoms with van der Waals surface area (Å²) in [7, 11) is 1.90. The molecule has 0 N–H and O–H groups in total. The minimum absolute atomic E-state index is 0.193. The summed E-state index contributed by atoms with van der Waals surface area (Å²) in [5.41, 5.74) is 2.63. The third-order valence-corrected chi connectivity index (χ3v) is 2.72. The van der Waals surface area contributed by atoms with Crippen LogP contribution >= 0.6 is 0 Å². The predicted molar refractivity (Wildman–Crippen MR) is 65.1 cm³/mol. The van der Waals surface area contributed by atoms with Gasteiger partial charge in [-0.15, -0.1) is 0 Å². The van der Waals surface area contributed by atoms with Crippen molar-refractivity contribution in [3.63, 3.8) is 0 Å². The van der Waals surface area contributed by atoms with E-state index in [0.717, 1.165) is 11.4 Å². The molecule has 0 amide bonds. The van der Waals surface area contributed by atoms with E-state index in [-0.39, 0.29) is 5.41 Å². The minimum atomic E-state index is 0.193. The lowest BCUT2D eigenvalue weighted by atomic mass is 9.87. The molecular formula is C13H17N3. The Labute approximate surface area is 96.1 Å². The summed E-state index contributed by atoms with van der Waals surface area (Å²) >= 11 is 0. The van der Waals surface area contributed by atoms with E-state index in [9.17, 15) is 0 Å². The highest BCUT2D eigenvalue weighted by molar-refractivity contribution is 5.55. The van der Waals surface area contributed by atoms with Crippen LogP contribution in [-0.2, 0) is 12.5 Å². The highest BCUT2D eigenvalue weighted by Gasteiger charge is 2.13. The van der Waals surface area contributed by atoms with Gasteiger partial charge in [-0.1, -0.05) is 45.0 Å². The van der Waals surface area contributed by atoms with Crippen molar-refractivity contribution < 1.29 is 0 Å². The van der Waals surface area contributed by atoms with Crippen LogP contribution in [0.4, 0.5) is 0 Å². The average Bonchev–Trinajstić information content (AvgIpc) is 2.63. The molecule has 0 unspecified atom stereocenters. The first-order valence-corrected chi connectivity index (χ1v) is 5.43. The van der Waals surface area contributed by atoms with Crippen LogP contribution in [0, 0.1) is 0 Å². The fourth-order valence-electron chi connectivity index (χ4n) is 1.68. The van der Waals surface area contributed by atoms with Crippen molar-refractivity contribution in [3.05, 3.63) is 36.2 Å². The van der Waals surface area contributed by atoms with Crippen LogP contribution in [0.1, 0.15) is 26.3 Å². The van der Waals surface area contributed by atoms with Gasteiger partial charge in [-0.25, -0.2) is 9.67 Å². The van der Waals surface area contributed by atoms with E-state index < -0.39 is 0 Å². The lowest BCUT2D eigenvalue weighted by molar-refractivity contribution is 0.590. The molecule has 2 rings (SSSR count). The molecule has 0 aliphatic carbocycles. The molecule has 0 aliphatic heterocycles. The van der Waals surface area contributed by atoms with Crippen LogP contribution < -0.4 is 0 Å². The number of aryl methyl sites for hydroxylation is 1. The molecule has 0 radical (unpaired) electrons. The van der Waals surface area contributed by atoms with E-state index in [1.165, 1.54) is 5.56 Å². The fourth-order valence-corrected chi connectivity index (χ4v) is 1.68. The summed E-state index contributed by atoms with van der Waals surface area (Å²) in [5.74, 6) is 0.903. The second-order valence-electron chi connectivity index (χ2n) is 5.03. The SMILES string of the molecule is Cn1ncnc1-c1ccc(C(C)(C)C)cc1. The summed E-state index contributed by atoms with van der Waals surface area (Å²) < 4.78 is 1.78. The van der Waals surface area contributed by atoms with Gasteiger partial charge in [0.1, 0.15) is 6.33 Å². The molecular weight excluding hydrogens is 198 g/mol. The second-order valence-corrected chi connectivity index (χ2v) is 5.03. The van der Waals surface area contributed by atoms with E-state index in [1.807, 2.05) is 7.05 Å². The molecule has 1 aromatic heterocycles. The van der Waals surface area contributed by atoms with Gasteiger partial charge < -0.3 is 0 Å². The van der Waals surface area contributed by atoms with Crippen LogP contribution in [0.3, 0.4) is 0 Å². The molecule has 84 valence electrons. The maximum atomic E-state index is 4.23. The molecule has 1 heterocycles. The number of nitrogens with zero attached hydrogens (tertiary/aromatic N) is 3. The zero-order chi connectivity index (χ0) is 11.8. The summed E-state index contributed by atoms with van der Waals surface area (Å²) in [6.07, 6.45) is 1.58. The van der Waals surface area contributed by atoms with Crippen LogP contribution in [0.2, 0.25) is 0 Å². The quantitative estimate of drug-likeness (QED) is 0.732. The highest BCUT2D eigenvalue weighted by atomic mass is 15.3. The summed E-state index contributed by atoms with van der Waals surface area (Å²) in [6, 6.07) is 8.52. The molecule has 0 saturated carbocycles. The molecule has 16 heavy (non-hydrogen) atoms. The summed E-state index contributed by atoms with van der Waals surface area (Å²) in [4.78, 5) is 4.23. The Morgan fingerprint density at radius 1 is 1.06 bits per heavy atom. The lowest BCUT2D eigenvalue weighted by Gasteiger charge is -2.18. The van der Waals surface area contributed by atoms with Gasteiger partial charge in [0, 0.05) is 12.6 Å². The van der Waals surface area contributed by atoms with E-state index in [4.69, 9.17) is 0 Å². The monoisotopic (exact) mass is 215 g/mol. The molecule has 0 fully saturated rings. The van der Waals surface area contributed by atoms with Gasteiger partial charge in [-0.05, 0) is 11.0 Å². The Hall–Kier alpha value is -1.64. The fraction of sp³-hybridized carbons (Fsp3) is 0.385. The summed E-state index contributed by atoms with van der Waals surface area (Å²) in [5, 5.41) is 4.07. The van der Waals surface area contributed by atoms with Crippen molar-refractivity contribution in [2.24, 2.45) is 7.05 Å². The maximum absolute atomic E-state index is 4.23. The standard InChI is InChI=1S/C13H17N3/c1-13(2,3)11-7-5-10(6-8-11)12-14-9-15-16(12)4/h5-9H,1-4H3. The van der Waals surface area contributed by atoms with Gasteiger partial charge in [0.2, 0.25) is 0 Å². The van der Waals surface area contributed by atoms with Gasteiger partial charge in [-0.2, -0.15) is 5.10 Å². The number of benzene rings is 1. The molecule has 3 nitrogen and oxygen atoms in total. The number of hydrogen-bond donors (Lipinski definition) is 0. The number of aromatic nitrogens is 3. The van der Waals surface area contributed by atoms with Gasteiger partial charge in [0.15, 0.2) is 5.82 Å². The molecule has 3 heteroatoms. The maximum Gasteiger partial charge on any atom is 0.157 e. The highest BCUT2D eigenvalue weighted by Crippen LogP contribution is 2.24. The van der Waals surface area contributed by atoms with Crippen LogP contribution in [0.25, 0.3) is 11.4 Å². The van der Waals surface area contributed by atoms with E-state index in [0.29, 0.717) is 0 Å². The zero-order valence-corrected chi connectivity index (χ0v) is 10.2. The third kappa shape index (κ3) is 1.98. The van der Waals surface area contributed by atoms with Gasteiger partial charge in [-0.3, -0.25) is 0 Å². The Balaban J connectivity index is 2.37. The van der Waals surface area contributed by atoms with Crippen molar-refractivity contribution in [1.29, 1.82) is 0 Å². The van der Waals surface area contributed by atoms with Gasteiger partial charge in [0.25, 0.3) is 0 Å². The van der Waals surface area contributed by atoms with Crippen LogP contribution in [0.15, 0.2) is 30.6 Å². The molecule has 0 aliphatic rings. The molecule has 0 saturated heterocycles. The van der Waals surface area contributed by atoms with E-state index in [1.54, 1.807) is 11.0 Å². The van der Waals surface area contributed by atoms with Crippen molar-refractivity contribution in [1.82, 2.24) is 14.8 Å². The predicted octanol–water partition coefficient (Wildman–Crippen LogP) is 2.78. The first kappa shape index (κ1) is 10.9. The smallest absolute Gasteiger partial charge is 0.157 e. The first-order valence-electron chi connectivity index (χ1n) is 5.43. The minimum Gasteiger partial charge on any atom is -0.249 e. The van der Waals surface area contributed by atoms with Crippen molar-refractivity contribution in [3.8, 4) is 11.4 Å². The van der Waals surface area contributed by atoms with Crippen molar-refractivity contribution in [2.45, 2.75) is 26.2 Å². The molecule has 2 aromatic rings. The Morgan fingerprint density at radius 3 is 2.12 bits per heavy atom. The number of hydrogen-bond acceptors (Lipinski definition) is 2. The Kier molecular flexibility index (Phi) is 2.54. The normalized spacial score (nSPS) is 11.8. The topological polar surface area (TPSA) is 30.7 Å². The second kappa shape index (κ2) is 3.74. The van der Waals surface area contributed by atoms with E-state index in [2.05, 4.69) is 55.1 Å². The summed E-state index contributed by atoms with van der Waals surface area (Å²) in [6.45, 7) is 6.64. The third-order valence-electron chi connectivity index (χ3n) is 2.72. The Morgan fingerprint density at radius 2 is 1.69 bits per heavy atom. The van der Waals surface area contributed by atoms with Crippen molar-refractivity contribution >= 4 is 0 Å². The van der Waals surface area contributed by atoms with Gasteiger partial charge in [0.05, 0.1) is 0 Å². The van der Waals surface area contributed by atoms with Crippen molar-refractivity contribution in [2.75, 3.05) is 0 Å². The first-order chi connectivity index (χ1) is 7.48. The largest absolute Gasteiger partial charge is 0.249 e. The molecule has 0 bridgehead atoms.